The van der Waals surface area contributed by atoms with Crippen molar-refractivity contribution in [1.29, 1.82) is 0 Å². The van der Waals surface area contributed by atoms with E-state index in [4.69, 9.17) is 0 Å². The molecular weight excluding hydrogens is 408 g/mol. The Kier molecular flexibility index (Phi) is 5.41. The molecule has 3 heterocycles. The number of esters is 1. The van der Waals surface area contributed by atoms with E-state index in [2.05, 4.69) is 51.2 Å². The minimum absolute atomic E-state index is 0.150. The molecule has 9 heteroatoms. The van der Waals surface area contributed by atoms with E-state index in [1.54, 1.807) is 6.08 Å². The second-order valence-electron chi connectivity index (χ2n) is 6.21. The number of carbonyl (C=O) groups excluding carboxylic acids is 2. The second-order valence-corrected chi connectivity index (χ2v) is 8.39. The number of fused-ring (bicyclic) bond motifs is 1. The molecule has 1 fully saturated rings. The first-order valence-corrected chi connectivity index (χ1v) is 10.7. The molecule has 1 aromatic carbocycles. The van der Waals surface area contributed by atoms with E-state index in [1.165, 1.54) is 28.4 Å². The zero-order valence-corrected chi connectivity index (χ0v) is 17.5. The number of anilines is 1. The number of azo groups is 1. The van der Waals surface area contributed by atoms with E-state index >= 15 is 0 Å². The molecule has 0 atom stereocenters. The highest BCUT2D eigenvalue weighted by atomic mass is 32.1. The van der Waals surface area contributed by atoms with Crippen molar-refractivity contribution in [2.24, 2.45) is 10.2 Å². The standard InChI is InChI=1S/C20H18N4O3S2/c1-3-24(4-2)13-7-5-12(6-8-13)22-23-18-11-17-16(29-18)10-14(28-17)9-15-19(25)27-20(26)21-15/h5-11H,3-4H2,1-2H3,(H,21,26)/b15-9+,23-22+. The molecule has 1 amide bonds. The van der Waals surface area contributed by atoms with Crippen LogP contribution in [0.25, 0.3) is 15.5 Å². The van der Waals surface area contributed by atoms with Gasteiger partial charge < -0.3 is 9.64 Å². The van der Waals surface area contributed by atoms with Gasteiger partial charge in [-0.3, -0.25) is 5.32 Å². The van der Waals surface area contributed by atoms with Crippen LogP contribution in [0.15, 0.2) is 52.3 Å². The lowest BCUT2D eigenvalue weighted by atomic mass is 10.2. The topological polar surface area (TPSA) is 83.4 Å². The first kappa shape index (κ1) is 19.3. The third kappa shape index (κ3) is 4.20. The average molecular weight is 427 g/mol. The molecule has 148 valence electrons. The van der Waals surface area contributed by atoms with Gasteiger partial charge in [0.1, 0.15) is 10.7 Å². The fourth-order valence-corrected chi connectivity index (χ4v) is 5.12. The van der Waals surface area contributed by atoms with Gasteiger partial charge in [0, 0.05) is 33.1 Å². The molecule has 1 N–H and O–H groups in total. The molecular formula is C20H18N4O3S2. The van der Waals surface area contributed by atoms with Crippen molar-refractivity contribution in [3.8, 4) is 0 Å². The van der Waals surface area contributed by atoms with Crippen LogP contribution in [-0.4, -0.2) is 25.2 Å². The zero-order valence-electron chi connectivity index (χ0n) is 15.8. The molecule has 4 rings (SSSR count). The number of amides is 1. The molecule has 0 spiro atoms. The SMILES string of the molecule is CCN(CC)c1ccc(/N=N/c2cc3sc(/C=C4/NC(=O)OC4=O)cc3s2)cc1. The van der Waals surface area contributed by atoms with Crippen LogP contribution in [0.5, 0.6) is 0 Å². The van der Waals surface area contributed by atoms with Gasteiger partial charge in [0.05, 0.1) is 5.69 Å². The van der Waals surface area contributed by atoms with Crippen LogP contribution in [-0.2, 0) is 9.53 Å². The van der Waals surface area contributed by atoms with Crippen molar-refractivity contribution in [3.63, 3.8) is 0 Å². The predicted molar refractivity (Wildman–Crippen MR) is 116 cm³/mol. The Morgan fingerprint density at radius 2 is 1.76 bits per heavy atom. The summed E-state index contributed by atoms with van der Waals surface area (Å²) in [5, 5.41) is 11.9. The number of benzene rings is 1. The molecule has 0 saturated carbocycles. The zero-order chi connectivity index (χ0) is 20.4. The summed E-state index contributed by atoms with van der Waals surface area (Å²) in [5.74, 6) is -0.659. The van der Waals surface area contributed by atoms with Crippen molar-refractivity contribution >= 4 is 66.6 Å². The first-order chi connectivity index (χ1) is 14.1. The summed E-state index contributed by atoms with van der Waals surface area (Å²) in [7, 11) is 0. The van der Waals surface area contributed by atoms with Gasteiger partial charge >= 0.3 is 12.1 Å². The summed E-state index contributed by atoms with van der Waals surface area (Å²) in [6.45, 7) is 6.21. The molecule has 1 aliphatic rings. The molecule has 1 aliphatic heterocycles. The summed E-state index contributed by atoms with van der Waals surface area (Å²) < 4.78 is 6.54. The van der Waals surface area contributed by atoms with E-state index in [0.717, 1.165) is 38.1 Å². The summed E-state index contributed by atoms with van der Waals surface area (Å²) in [4.78, 5) is 25.7. The largest absolute Gasteiger partial charge is 0.419 e. The number of nitrogens with one attached hydrogen (secondary N) is 1. The Labute approximate surface area is 175 Å². The molecule has 29 heavy (non-hydrogen) atoms. The lowest BCUT2D eigenvalue weighted by Crippen LogP contribution is -2.21. The van der Waals surface area contributed by atoms with Crippen molar-refractivity contribution in [1.82, 2.24) is 5.32 Å². The quantitative estimate of drug-likeness (QED) is 0.233. The molecule has 0 aliphatic carbocycles. The van der Waals surface area contributed by atoms with Crippen LogP contribution in [0, 0.1) is 0 Å². The van der Waals surface area contributed by atoms with Gasteiger partial charge in [-0.2, -0.15) is 0 Å². The van der Waals surface area contributed by atoms with Crippen molar-refractivity contribution < 1.29 is 14.3 Å². The highest BCUT2D eigenvalue weighted by molar-refractivity contribution is 7.30. The lowest BCUT2D eigenvalue weighted by Gasteiger charge is -2.20. The molecule has 7 nitrogen and oxygen atoms in total. The summed E-state index contributed by atoms with van der Waals surface area (Å²) in [6, 6.07) is 12.0. The van der Waals surface area contributed by atoms with E-state index in [9.17, 15) is 9.59 Å². The van der Waals surface area contributed by atoms with Crippen molar-refractivity contribution in [2.45, 2.75) is 13.8 Å². The molecule has 1 saturated heterocycles. The Morgan fingerprint density at radius 1 is 1.03 bits per heavy atom. The number of ether oxygens (including phenoxy) is 1. The van der Waals surface area contributed by atoms with Crippen LogP contribution < -0.4 is 10.2 Å². The Bertz CT molecular complexity index is 1090. The normalized spacial score (nSPS) is 15.4. The highest BCUT2D eigenvalue weighted by Gasteiger charge is 2.26. The molecule has 0 unspecified atom stereocenters. The van der Waals surface area contributed by atoms with Crippen LogP contribution in [0.1, 0.15) is 18.7 Å². The smallest absolute Gasteiger partial charge is 0.372 e. The van der Waals surface area contributed by atoms with Gasteiger partial charge in [-0.15, -0.1) is 32.9 Å². The fourth-order valence-electron chi connectivity index (χ4n) is 2.95. The monoisotopic (exact) mass is 426 g/mol. The number of alkyl carbamates (subject to hydrolysis) is 1. The third-order valence-corrected chi connectivity index (χ3v) is 6.51. The number of rotatable bonds is 6. The Hall–Kier alpha value is -3.04. The number of thiophene rings is 2. The van der Waals surface area contributed by atoms with E-state index < -0.39 is 12.1 Å². The number of hydrogen-bond donors (Lipinski definition) is 1. The van der Waals surface area contributed by atoms with Crippen molar-refractivity contribution in [2.75, 3.05) is 18.0 Å². The molecule has 0 bridgehead atoms. The summed E-state index contributed by atoms with van der Waals surface area (Å²) in [6.07, 6.45) is 0.871. The lowest BCUT2D eigenvalue weighted by molar-refractivity contribution is -0.130. The molecule has 2 aromatic heterocycles. The van der Waals surface area contributed by atoms with Crippen molar-refractivity contribution in [3.05, 3.63) is 47.0 Å². The third-order valence-electron chi connectivity index (χ3n) is 4.38. The molecule has 3 aromatic rings. The Morgan fingerprint density at radius 3 is 2.38 bits per heavy atom. The van der Waals surface area contributed by atoms with Gasteiger partial charge in [-0.1, -0.05) is 0 Å². The second kappa shape index (κ2) is 8.14. The van der Waals surface area contributed by atoms with Crippen LogP contribution in [0.2, 0.25) is 0 Å². The van der Waals surface area contributed by atoms with E-state index in [-0.39, 0.29) is 5.70 Å². The number of cyclic esters (lactones) is 2. The molecule has 0 radical (unpaired) electrons. The van der Waals surface area contributed by atoms with E-state index in [0.29, 0.717) is 0 Å². The van der Waals surface area contributed by atoms with Gasteiger partial charge in [0.15, 0.2) is 0 Å². The van der Waals surface area contributed by atoms with Gasteiger partial charge in [-0.05, 0) is 56.3 Å². The average Bonchev–Trinajstić information content (AvgIpc) is 3.35. The van der Waals surface area contributed by atoms with E-state index in [1.807, 2.05) is 24.3 Å². The maximum Gasteiger partial charge on any atom is 0.419 e. The first-order valence-electron chi connectivity index (χ1n) is 9.10. The number of carbonyl (C=O) groups is 2. The van der Waals surface area contributed by atoms with Gasteiger partial charge in [0.25, 0.3) is 0 Å². The van der Waals surface area contributed by atoms with Crippen LogP contribution in [0.4, 0.5) is 21.2 Å². The van der Waals surface area contributed by atoms with Gasteiger partial charge in [-0.25, -0.2) is 9.59 Å². The number of hydrogen-bond acceptors (Lipinski definition) is 8. The fraction of sp³-hybridized carbons (Fsp3) is 0.200. The minimum Gasteiger partial charge on any atom is -0.372 e. The van der Waals surface area contributed by atoms with Crippen LogP contribution >= 0.6 is 22.7 Å². The predicted octanol–water partition coefficient (Wildman–Crippen LogP) is 5.83. The summed E-state index contributed by atoms with van der Waals surface area (Å²) >= 11 is 3.03. The Balaban J connectivity index is 1.48. The summed E-state index contributed by atoms with van der Waals surface area (Å²) in [5.41, 5.74) is 2.13. The van der Waals surface area contributed by atoms with Gasteiger partial charge in [0.2, 0.25) is 0 Å². The minimum atomic E-state index is -0.743. The highest BCUT2D eigenvalue weighted by Crippen LogP contribution is 2.39. The maximum absolute atomic E-state index is 11.5. The maximum atomic E-state index is 11.5. The van der Waals surface area contributed by atoms with Crippen LogP contribution in [0.3, 0.4) is 0 Å². The number of nitrogens with zero attached hydrogens (tertiary/aromatic N) is 3.